The van der Waals surface area contributed by atoms with Gasteiger partial charge in [-0.15, -0.1) is 0 Å². The first-order valence-electron chi connectivity index (χ1n) is 10.1. The summed E-state index contributed by atoms with van der Waals surface area (Å²) in [6.45, 7) is 8.99. The summed E-state index contributed by atoms with van der Waals surface area (Å²) in [6.07, 6.45) is -0.754. The van der Waals surface area contributed by atoms with Gasteiger partial charge in [0.1, 0.15) is 5.75 Å². The summed E-state index contributed by atoms with van der Waals surface area (Å²) in [5.74, 6) is 0.311. The maximum atomic E-state index is 12.7. The van der Waals surface area contributed by atoms with Gasteiger partial charge in [0.15, 0.2) is 6.10 Å². The summed E-state index contributed by atoms with van der Waals surface area (Å²) in [6, 6.07) is 11.4. The number of carbonyl (C=O) groups excluding carboxylic acids is 1. The molecule has 1 heterocycles. The predicted molar refractivity (Wildman–Crippen MR) is 131 cm³/mol. The molecule has 0 bridgehead atoms. The molecule has 1 atom stereocenters. The smallest absolute Gasteiger partial charge is 0.265 e. The number of benzene rings is 2. The minimum absolute atomic E-state index is 0.00869. The van der Waals surface area contributed by atoms with E-state index < -0.39 is 16.1 Å². The highest BCUT2D eigenvalue weighted by Gasteiger charge is 2.19. The molecule has 0 saturated heterocycles. The van der Waals surface area contributed by atoms with Crippen LogP contribution in [0.3, 0.4) is 0 Å². The van der Waals surface area contributed by atoms with Crippen molar-refractivity contribution in [3.63, 3.8) is 0 Å². The number of nitrogens with zero attached hydrogens (tertiary/aromatic N) is 2. The lowest BCUT2D eigenvalue weighted by Gasteiger charge is -2.18. The van der Waals surface area contributed by atoms with Crippen LogP contribution in [0.5, 0.6) is 5.75 Å². The van der Waals surface area contributed by atoms with E-state index in [2.05, 4.69) is 35.9 Å². The van der Waals surface area contributed by atoms with E-state index in [-0.39, 0.29) is 16.8 Å². The molecule has 1 unspecified atom stereocenters. The second kappa shape index (κ2) is 9.88. The predicted octanol–water partition coefficient (Wildman–Crippen LogP) is 4.68. The lowest BCUT2D eigenvalue weighted by molar-refractivity contribution is -0.122. The summed E-state index contributed by atoms with van der Waals surface area (Å²) in [7, 11) is -3.88. The van der Waals surface area contributed by atoms with Gasteiger partial charge in [-0.3, -0.25) is 4.79 Å². The minimum atomic E-state index is -3.88. The van der Waals surface area contributed by atoms with Gasteiger partial charge >= 0.3 is 0 Å². The molecule has 10 heteroatoms. The number of ether oxygens (including phenoxy) is 1. The number of hydrogen-bond donors (Lipinski definition) is 2. The van der Waals surface area contributed by atoms with Crippen LogP contribution in [0.1, 0.15) is 29.4 Å². The Kier molecular flexibility index (Phi) is 7.38. The number of rotatable bonds is 7. The van der Waals surface area contributed by atoms with E-state index in [4.69, 9.17) is 4.74 Å². The number of carbonyl (C=O) groups is 1. The Morgan fingerprint density at radius 3 is 2.06 bits per heavy atom. The van der Waals surface area contributed by atoms with Crippen LogP contribution < -0.4 is 14.8 Å². The normalized spacial score (nSPS) is 12.2. The minimum Gasteiger partial charge on any atom is -0.480 e. The van der Waals surface area contributed by atoms with Crippen molar-refractivity contribution in [3.8, 4) is 5.75 Å². The van der Waals surface area contributed by atoms with Crippen LogP contribution in [-0.2, 0) is 14.8 Å². The molecule has 33 heavy (non-hydrogen) atoms. The zero-order valence-electron chi connectivity index (χ0n) is 18.9. The van der Waals surface area contributed by atoms with Crippen LogP contribution in [0, 0.1) is 27.7 Å². The van der Waals surface area contributed by atoms with Gasteiger partial charge < -0.3 is 10.1 Å². The number of halogens is 1. The fraction of sp³-hybridized carbons (Fsp3) is 0.261. The molecular weight excluding hydrogens is 508 g/mol. The zero-order chi connectivity index (χ0) is 24.3. The number of nitrogens with one attached hydrogen (secondary N) is 2. The molecule has 0 fully saturated rings. The number of anilines is 2. The summed E-state index contributed by atoms with van der Waals surface area (Å²) >= 11 is 3.44. The third kappa shape index (κ3) is 6.29. The highest BCUT2D eigenvalue weighted by molar-refractivity contribution is 9.10. The van der Waals surface area contributed by atoms with E-state index in [1.807, 2.05) is 26.0 Å². The van der Waals surface area contributed by atoms with Crippen LogP contribution in [0.4, 0.5) is 11.6 Å². The van der Waals surface area contributed by atoms with Gasteiger partial charge in [0.25, 0.3) is 15.9 Å². The third-order valence-electron chi connectivity index (χ3n) is 4.73. The third-order valence-corrected chi connectivity index (χ3v) is 6.53. The largest absolute Gasteiger partial charge is 0.480 e. The average molecular weight is 533 g/mol. The monoisotopic (exact) mass is 532 g/mol. The van der Waals surface area contributed by atoms with Crippen LogP contribution in [0.2, 0.25) is 0 Å². The Morgan fingerprint density at radius 2 is 1.52 bits per heavy atom. The summed E-state index contributed by atoms with van der Waals surface area (Å²) in [5, 5.41) is 2.74. The van der Waals surface area contributed by atoms with Gasteiger partial charge in [0, 0.05) is 21.5 Å². The second-order valence-electron chi connectivity index (χ2n) is 7.72. The van der Waals surface area contributed by atoms with Crippen molar-refractivity contribution in [3.05, 3.63) is 69.5 Å². The molecule has 0 saturated carbocycles. The molecule has 2 aromatic carbocycles. The van der Waals surface area contributed by atoms with Gasteiger partial charge in [-0.25, -0.2) is 23.1 Å². The Balaban J connectivity index is 1.68. The van der Waals surface area contributed by atoms with Crippen LogP contribution in [-0.4, -0.2) is 30.4 Å². The molecule has 1 aromatic heterocycles. The fourth-order valence-electron chi connectivity index (χ4n) is 3.23. The van der Waals surface area contributed by atoms with Gasteiger partial charge in [0.2, 0.25) is 5.95 Å². The molecule has 0 aliphatic carbocycles. The van der Waals surface area contributed by atoms with Crippen molar-refractivity contribution in [1.29, 1.82) is 0 Å². The number of hydrogen-bond acceptors (Lipinski definition) is 6. The first-order chi connectivity index (χ1) is 15.4. The topological polar surface area (TPSA) is 110 Å². The summed E-state index contributed by atoms with van der Waals surface area (Å²) < 4.78 is 34.5. The average Bonchev–Trinajstić information content (AvgIpc) is 2.69. The zero-order valence-corrected chi connectivity index (χ0v) is 21.3. The van der Waals surface area contributed by atoms with Crippen LogP contribution in [0.15, 0.2) is 51.8 Å². The number of aryl methyl sites for hydroxylation is 4. The van der Waals surface area contributed by atoms with E-state index in [0.717, 1.165) is 15.6 Å². The quantitative estimate of drug-likeness (QED) is 0.457. The number of amides is 1. The summed E-state index contributed by atoms with van der Waals surface area (Å²) in [5.41, 5.74) is 3.58. The van der Waals surface area contributed by atoms with Crippen LogP contribution in [0.25, 0.3) is 0 Å². The Hall–Kier alpha value is -2.98. The second-order valence-corrected chi connectivity index (χ2v) is 10.3. The molecule has 3 aromatic rings. The Morgan fingerprint density at radius 1 is 0.970 bits per heavy atom. The van der Waals surface area contributed by atoms with Gasteiger partial charge in [0.05, 0.1) is 4.90 Å². The maximum Gasteiger partial charge on any atom is 0.265 e. The Labute approximate surface area is 202 Å². The van der Waals surface area contributed by atoms with Crippen LogP contribution >= 0.6 is 15.9 Å². The van der Waals surface area contributed by atoms with Crippen molar-refractivity contribution < 1.29 is 17.9 Å². The van der Waals surface area contributed by atoms with E-state index in [1.54, 1.807) is 26.8 Å². The van der Waals surface area contributed by atoms with Crippen molar-refractivity contribution in [2.24, 2.45) is 0 Å². The molecule has 3 rings (SSSR count). The highest BCUT2D eigenvalue weighted by atomic mass is 79.9. The lowest BCUT2D eigenvalue weighted by Crippen LogP contribution is -2.30. The van der Waals surface area contributed by atoms with E-state index in [1.165, 1.54) is 24.3 Å². The van der Waals surface area contributed by atoms with Gasteiger partial charge in [-0.2, -0.15) is 0 Å². The first kappa shape index (κ1) is 24.7. The number of sulfonamides is 1. The molecule has 8 nitrogen and oxygen atoms in total. The Bertz CT molecular complexity index is 1250. The van der Waals surface area contributed by atoms with E-state index in [0.29, 0.717) is 22.8 Å². The molecule has 0 spiro atoms. The molecule has 0 aliphatic heterocycles. The molecule has 2 N–H and O–H groups in total. The molecular formula is C23H25BrN4O4S. The van der Waals surface area contributed by atoms with Crippen molar-refractivity contribution in [1.82, 2.24) is 9.97 Å². The number of aromatic nitrogens is 2. The highest BCUT2D eigenvalue weighted by Crippen LogP contribution is 2.28. The molecule has 0 aliphatic rings. The van der Waals surface area contributed by atoms with Crippen molar-refractivity contribution >= 4 is 43.5 Å². The molecule has 1 amide bonds. The van der Waals surface area contributed by atoms with Gasteiger partial charge in [-0.1, -0.05) is 15.9 Å². The van der Waals surface area contributed by atoms with Gasteiger partial charge in [-0.05, 0) is 88.2 Å². The summed E-state index contributed by atoms with van der Waals surface area (Å²) in [4.78, 5) is 20.8. The molecule has 174 valence electrons. The lowest BCUT2D eigenvalue weighted by atomic mass is 10.1. The maximum absolute atomic E-state index is 12.7. The SMILES string of the molecule is Cc1cc(C)nc(NS(=O)(=O)c2ccc(NC(=O)C(C)Oc3c(C)cc(Br)cc3C)cc2)n1. The standard InChI is InChI=1S/C23H25BrN4O4S/c1-13-10-18(24)11-14(2)21(13)32-17(5)22(29)27-19-6-8-20(9-7-19)33(30,31)28-23-25-15(3)12-16(4)26-23/h6-12,17H,1-5H3,(H,27,29)(H,25,26,28). The van der Waals surface area contributed by atoms with Crippen molar-refractivity contribution in [2.75, 3.05) is 10.0 Å². The fourth-order valence-corrected chi connectivity index (χ4v) is 4.86. The van der Waals surface area contributed by atoms with E-state index in [9.17, 15) is 13.2 Å². The molecule has 0 radical (unpaired) electrons. The van der Waals surface area contributed by atoms with Crippen molar-refractivity contribution in [2.45, 2.75) is 45.6 Å². The van der Waals surface area contributed by atoms with E-state index >= 15 is 0 Å². The first-order valence-corrected chi connectivity index (χ1v) is 12.4.